The number of amides is 2. The zero-order chi connectivity index (χ0) is 24.9. The van der Waals surface area contributed by atoms with Crippen molar-refractivity contribution in [3.8, 4) is 0 Å². The first-order chi connectivity index (χ1) is 16.9. The Morgan fingerprint density at radius 3 is 2.51 bits per heavy atom. The van der Waals surface area contributed by atoms with Crippen molar-refractivity contribution in [3.05, 3.63) is 58.3 Å². The molecule has 35 heavy (non-hydrogen) atoms. The molecule has 2 aliphatic rings. The summed E-state index contributed by atoms with van der Waals surface area (Å²) in [4.78, 5) is 41.1. The first-order valence-electron chi connectivity index (χ1n) is 12.1. The summed E-state index contributed by atoms with van der Waals surface area (Å²) < 4.78 is 1.59. The van der Waals surface area contributed by atoms with Crippen LogP contribution < -0.4 is 21.5 Å². The van der Waals surface area contributed by atoms with Gasteiger partial charge in [0.1, 0.15) is 11.7 Å². The smallest absolute Gasteiger partial charge is 0.268 e. The second-order valence-electron chi connectivity index (χ2n) is 9.66. The topological polar surface area (TPSA) is 145 Å². The number of rotatable bonds is 12. The third-order valence-corrected chi connectivity index (χ3v) is 6.35. The summed E-state index contributed by atoms with van der Waals surface area (Å²) in [6.07, 6.45) is 9.99. The number of nitrogens with one attached hydrogen (secondary N) is 5. The van der Waals surface area contributed by atoms with Crippen LogP contribution in [0.4, 0.5) is 5.82 Å². The van der Waals surface area contributed by atoms with E-state index in [-0.39, 0.29) is 35.7 Å². The number of aromatic nitrogens is 3. The summed E-state index contributed by atoms with van der Waals surface area (Å²) >= 11 is 0. The molecular weight excluding hydrogens is 446 g/mol. The van der Waals surface area contributed by atoms with Gasteiger partial charge in [0.25, 0.3) is 11.5 Å². The molecule has 2 heterocycles. The minimum absolute atomic E-state index is 0.00250. The van der Waals surface area contributed by atoms with E-state index in [1.165, 1.54) is 6.08 Å². The van der Waals surface area contributed by atoms with Crippen LogP contribution in [0.2, 0.25) is 0 Å². The van der Waals surface area contributed by atoms with Crippen LogP contribution in [0.25, 0.3) is 0 Å². The van der Waals surface area contributed by atoms with Crippen LogP contribution in [-0.2, 0) is 16.1 Å². The van der Waals surface area contributed by atoms with Crippen LogP contribution in [0.5, 0.6) is 0 Å². The molecule has 5 N–H and O–H groups in total. The number of aromatic amines is 1. The molecule has 0 radical (unpaired) electrons. The van der Waals surface area contributed by atoms with E-state index in [1.54, 1.807) is 35.3 Å². The number of hydrogen-bond acceptors (Lipinski definition) is 6. The first-order valence-corrected chi connectivity index (χ1v) is 12.1. The quantitative estimate of drug-likeness (QED) is 0.234. The molecule has 2 fully saturated rings. The van der Waals surface area contributed by atoms with Crippen molar-refractivity contribution in [2.24, 2.45) is 17.8 Å². The Kier molecular flexibility index (Phi) is 7.48. The molecule has 0 saturated heterocycles. The Morgan fingerprint density at radius 2 is 1.91 bits per heavy atom. The van der Waals surface area contributed by atoms with Gasteiger partial charge in [0.05, 0.1) is 6.54 Å². The van der Waals surface area contributed by atoms with Crippen molar-refractivity contribution in [3.63, 3.8) is 0 Å². The van der Waals surface area contributed by atoms with Crippen molar-refractivity contribution in [2.75, 3.05) is 5.32 Å². The van der Waals surface area contributed by atoms with Gasteiger partial charge in [0, 0.05) is 36.3 Å². The van der Waals surface area contributed by atoms with Crippen LogP contribution in [-0.4, -0.2) is 44.9 Å². The van der Waals surface area contributed by atoms with Gasteiger partial charge in [-0.2, -0.15) is 5.10 Å². The van der Waals surface area contributed by atoms with Gasteiger partial charge in [0.2, 0.25) is 5.91 Å². The van der Waals surface area contributed by atoms with E-state index >= 15 is 0 Å². The lowest BCUT2D eigenvalue weighted by Gasteiger charge is -2.28. The molecule has 0 aliphatic heterocycles. The molecule has 2 amide bonds. The number of carbonyl (C=O) groups is 2. The molecule has 2 aliphatic carbocycles. The SMILES string of the molecule is CC(C)N/C(=C\C=N)C(=O)NC(C(=O)Nc1ccn(Cc2ccc[nH]c2=O)n1)C(C1CC1)C1CC1. The van der Waals surface area contributed by atoms with Gasteiger partial charge in [0.15, 0.2) is 5.82 Å². The third-order valence-electron chi connectivity index (χ3n) is 6.35. The van der Waals surface area contributed by atoms with E-state index in [0.29, 0.717) is 23.2 Å². The van der Waals surface area contributed by atoms with E-state index in [1.807, 2.05) is 13.8 Å². The summed E-state index contributed by atoms with van der Waals surface area (Å²) in [7, 11) is 0. The zero-order valence-electron chi connectivity index (χ0n) is 20.1. The summed E-state index contributed by atoms with van der Waals surface area (Å²) in [6, 6.07) is 4.46. The Balaban J connectivity index is 1.50. The van der Waals surface area contributed by atoms with Crippen LogP contribution >= 0.6 is 0 Å². The standard InChI is InChI=1S/C25H33N7O3/c1-15(2)28-19(9-11-26)24(34)30-22(21(16-5-6-16)17-7-8-17)25(35)29-20-10-13-32(31-20)14-18-4-3-12-27-23(18)33/h3-4,9-13,15-17,21-22,26,28H,5-8,14H2,1-2H3,(H,27,33)(H,30,34)(H,29,31,35)/b19-9-,26-11?. The van der Waals surface area contributed by atoms with Gasteiger partial charge in [-0.3, -0.25) is 19.1 Å². The molecule has 10 nitrogen and oxygen atoms in total. The number of nitrogens with zero attached hydrogens (tertiary/aromatic N) is 2. The van der Waals surface area contributed by atoms with E-state index in [2.05, 4.69) is 26.0 Å². The van der Waals surface area contributed by atoms with Crippen LogP contribution in [0.15, 0.2) is 47.2 Å². The molecular formula is C25H33N7O3. The zero-order valence-corrected chi connectivity index (χ0v) is 20.1. The molecule has 0 spiro atoms. The Morgan fingerprint density at radius 1 is 1.20 bits per heavy atom. The second kappa shape index (κ2) is 10.7. The van der Waals surface area contributed by atoms with E-state index < -0.39 is 11.9 Å². The number of pyridine rings is 1. The lowest BCUT2D eigenvalue weighted by atomic mass is 9.88. The average molecular weight is 480 g/mol. The predicted molar refractivity (Wildman–Crippen MR) is 133 cm³/mol. The fourth-order valence-electron chi connectivity index (χ4n) is 4.51. The summed E-state index contributed by atoms with van der Waals surface area (Å²) in [5.41, 5.74) is 0.636. The van der Waals surface area contributed by atoms with Gasteiger partial charge in [-0.25, -0.2) is 0 Å². The monoisotopic (exact) mass is 479 g/mol. The van der Waals surface area contributed by atoms with Crippen molar-refractivity contribution in [1.29, 1.82) is 5.41 Å². The van der Waals surface area contributed by atoms with Crippen molar-refractivity contribution < 1.29 is 9.59 Å². The normalized spacial score (nSPS) is 16.7. The Hall–Kier alpha value is -3.69. The minimum atomic E-state index is -0.701. The number of carbonyl (C=O) groups excluding carboxylic acids is 2. The van der Waals surface area contributed by atoms with Crippen LogP contribution in [0, 0.1) is 23.2 Å². The Bertz CT molecular complexity index is 1150. The number of allylic oxidation sites excluding steroid dienone is 1. The highest BCUT2D eigenvalue weighted by atomic mass is 16.2. The Labute approximate surface area is 204 Å². The molecule has 4 rings (SSSR count). The highest BCUT2D eigenvalue weighted by Crippen LogP contribution is 2.50. The second-order valence-corrected chi connectivity index (χ2v) is 9.66. The maximum Gasteiger partial charge on any atom is 0.268 e. The molecule has 1 unspecified atom stereocenters. The molecule has 0 bridgehead atoms. The predicted octanol–water partition coefficient (Wildman–Crippen LogP) is 2.01. The van der Waals surface area contributed by atoms with Gasteiger partial charge < -0.3 is 26.3 Å². The summed E-state index contributed by atoms with van der Waals surface area (Å²) in [6.45, 7) is 4.09. The molecule has 0 aromatic carbocycles. The number of hydrogen-bond donors (Lipinski definition) is 5. The molecule has 2 saturated carbocycles. The van der Waals surface area contributed by atoms with Crippen molar-refractivity contribution >= 4 is 23.8 Å². The first kappa shape index (κ1) is 24.4. The van der Waals surface area contributed by atoms with Gasteiger partial charge >= 0.3 is 0 Å². The maximum atomic E-state index is 13.5. The van der Waals surface area contributed by atoms with E-state index in [9.17, 15) is 14.4 Å². The minimum Gasteiger partial charge on any atom is -0.378 e. The maximum absolute atomic E-state index is 13.5. The lowest BCUT2D eigenvalue weighted by molar-refractivity contribution is -0.126. The van der Waals surface area contributed by atoms with Crippen molar-refractivity contribution in [2.45, 2.75) is 58.2 Å². The van der Waals surface area contributed by atoms with Gasteiger partial charge in [-0.15, -0.1) is 0 Å². The van der Waals surface area contributed by atoms with Gasteiger partial charge in [-0.05, 0) is 69.4 Å². The van der Waals surface area contributed by atoms with Crippen molar-refractivity contribution in [1.82, 2.24) is 25.4 Å². The third kappa shape index (κ3) is 6.46. The number of anilines is 1. The highest BCUT2D eigenvalue weighted by Gasteiger charge is 2.48. The molecule has 186 valence electrons. The molecule has 1 atom stereocenters. The fraction of sp³-hybridized carbons (Fsp3) is 0.480. The largest absolute Gasteiger partial charge is 0.378 e. The molecule has 2 aromatic rings. The van der Waals surface area contributed by atoms with E-state index in [0.717, 1.165) is 31.9 Å². The summed E-state index contributed by atoms with van der Waals surface area (Å²) in [5.74, 6) is 0.584. The number of H-pyrrole nitrogens is 1. The molecule has 2 aromatic heterocycles. The lowest BCUT2D eigenvalue weighted by Crippen LogP contribution is -2.51. The molecule has 10 heteroatoms. The summed E-state index contributed by atoms with van der Waals surface area (Å²) in [5, 5.41) is 20.7. The van der Waals surface area contributed by atoms with E-state index in [4.69, 9.17) is 5.41 Å². The fourth-order valence-corrected chi connectivity index (χ4v) is 4.51. The highest BCUT2D eigenvalue weighted by molar-refractivity contribution is 6.02. The van der Waals surface area contributed by atoms with Crippen LogP contribution in [0.3, 0.4) is 0 Å². The van der Waals surface area contributed by atoms with Crippen LogP contribution in [0.1, 0.15) is 45.1 Å². The average Bonchev–Trinajstić information content (AvgIpc) is 3.75. The van der Waals surface area contributed by atoms with Gasteiger partial charge in [-0.1, -0.05) is 6.07 Å².